The van der Waals surface area contributed by atoms with Gasteiger partial charge in [0, 0.05) is 22.9 Å². The van der Waals surface area contributed by atoms with Crippen molar-refractivity contribution in [2.45, 2.75) is 49.7 Å². The van der Waals surface area contributed by atoms with Gasteiger partial charge in [-0.1, -0.05) is 42.5 Å². The van der Waals surface area contributed by atoms with Gasteiger partial charge in [-0.15, -0.1) is 0 Å². The lowest BCUT2D eigenvalue weighted by molar-refractivity contribution is -0.0576. The highest BCUT2D eigenvalue weighted by molar-refractivity contribution is 7.96. The monoisotopic (exact) mass is 303 g/mol. The first-order chi connectivity index (χ1) is 10.1. The van der Waals surface area contributed by atoms with Crippen LogP contribution in [-0.4, -0.2) is 23.2 Å². The first-order valence-corrected chi connectivity index (χ1v) is 9.71. The zero-order valence-electron chi connectivity index (χ0n) is 13.3. The first-order valence-electron chi connectivity index (χ1n) is 8.08. The molecule has 0 amide bonds. The molecule has 1 aliphatic heterocycles. The third-order valence-electron chi connectivity index (χ3n) is 5.24. The van der Waals surface area contributed by atoms with E-state index in [2.05, 4.69) is 50.8 Å². The Kier molecular flexibility index (Phi) is 4.46. The van der Waals surface area contributed by atoms with Gasteiger partial charge in [0.2, 0.25) is 0 Å². The summed E-state index contributed by atoms with van der Waals surface area (Å²) in [4.78, 5) is 0. The molecule has 4 atom stereocenters. The average molecular weight is 303 g/mol. The molecule has 1 aliphatic carbocycles. The molecule has 0 bridgehead atoms. The maximum atomic E-state index is 6.24. The van der Waals surface area contributed by atoms with Crippen molar-refractivity contribution in [2.75, 3.05) is 12.4 Å². The van der Waals surface area contributed by atoms with Crippen molar-refractivity contribution in [1.29, 1.82) is 0 Å². The van der Waals surface area contributed by atoms with Crippen molar-refractivity contribution in [1.82, 2.24) is 0 Å². The minimum absolute atomic E-state index is 0.113. The average Bonchev–Trinajstić information content (AvgIpc) is 2.47. The third-order valence-corrected chi connectivity index (χ3v) is 8.13. The first kappa shape index (κ1) is 15.2. The molecule has 3 rings (SSSR count). The maximum Gasteiger partial charge on any atom is 0.147 e. The molecule has 0 spiro atoms. The molecule has 1 unspecified atom stereocenters. The molecular weight excluding hydrogens is 276 g/mol. The highest BCUT2D eigenvalue weighted by atomic mass is 32.2. The number of fused-ring (bicyclic) bond motifs is 1. The van der Waals surface area contributed by atoms with Crippen molar-refractivity contribution in [2.24, 2.45) is 5.92 Å². The molecule has 2 heteroatoms. The third kappa shape index (κ3) is 3.22. The fraction of sp³-hybridized carbons (Fsp3) is 0.579. The molecule has 2 fully saturated rings. The molecule has 0 aromatic heterocycles. The smallest absolute Gasteiger partial charge is 0.147 e. The summed E-state index contributed by atoms with van der Waals surface area (Å²) in [5.74, 6) is 3.17. The fourth-order valence-corrected chi connectivity index (χ4v) is 6.78. The molecule has 1 aromatic carbocycles. The number of hydrogen-bond donors (Lipinski definition) is 0. The van der Waals surface area contributed by atoms with Crippen molar-refractivity contribution < 1.29 is 4.74 Å². The Balaban J connectivity index is 1.78. The second-order valence-corrected chi connectivity index (χ2v) is 9.18. The second-order valence-electron chi connectivity index (χ2n) is 6.84. The Hall–Kier alpha value is -0.730. The summed E-state index contributed by atoms with van der Waals surface area (Å²) in [7, 11) is 0.445. The molecular formula is C19H27OS+. The molecule has 1 nitrogen and oxygen atoms in total. The summed E-state index contributed by atoms with van der Waals surface area (Å²) in [6.45, 7) is 9.71. The van der Waals surface area contributed by atoms with E-state index in [0.717, 1.165) is 6.61 Å². The van der Waals surface area contributed by atoms with E-state index in [4.69, 9.17) is 4.74 Å². The van der Waals surface area contributed by atoms with E-state index in [1.807, 2.05) is 0 Å². The Bertz CT molecular complexity index is 498. The van der Waals surface area contributed by atoms with Crippen molar-refractivity contribution in [3.63, 3.8) is 0 Å². The summed E-state index contributed by atoms with van der Waals surface area (Å²) in [6, 6.07) is 11.0. The normalized spacial score (nSPS) is 36.0. The number of hydrogen-bond acceptors (Lipinski definition) is 1. The molecule has 0 radical (unpaired) electrons. The molecule has 1 saturated heterocycles. The van der Waals surface area contributed by atoms with Crippen LogP contribution in [0.1, 0.15) is 38.7 Å². The zero-order valence-corrected chi connectivity index (χ0v) is 14.1. The molecule has 114 valence electrons. The number of rotatable bonds is 3. The Morgan fingerprint density at radius 2 is 2.14 bits per heavy atom. The van der Waals surface area contributed by atoms with Crippen LogP contribution in [0.3, 0.4) is 0 Å². The standard InChI is InChI=1S/C19H27OS/c1-15(2)17-9-10-19(3)18(13-17)21(12-11-20-19)14-16-7-5-4-6-8-16/h4-8,17-18H,1,9-14H2,2-3H3/q+1/t17-,18+,19+,21?/m0/s1. The van der Waals surface area contributed by atoms with Gasteiger partial charge >= 0.3 is 0 Å². The summed E-state index contributed by atoms with van der Waals surface area (Å²) >= 11 is 0. The molecule has 0 N–H and O–H groups in total. The van der Waals surface area contributed by atoms with Crippen molar-refractivity contribution in [3.8, 4) is 0 Å². The van der Waals surface area contributed by atoms with Crippen LogP contribution >= 0.6 is 0 Å². The van der Waals surface area contributed by atoms with E-state index in [-0.39, 0.29) is 5.60 Å². The van der Waals surface area contributed by atoms with Crippen LogP contribution in [0.2, 0.25) is 0 Å². The van der Waals surface area contributed by atoms with Crippen LogP contribution in [0.15, 0.2) is 42.5 Å². The highest BCUT2D eigenvalue weighted by Crippen LogP contribution is 2.44. The van der Waals surface area contributed by atoms with Crippen LogP contribution < -0.4 is 0 Å². The predicted octanol–water partition coefficient (Wildman–Crippen LogP) is 4.34. The summed E-state index contributed by atoms with van der Waals surface area (Å²) < 4.78 is 6.24. The number of ether oxygens (including phenoxy) is 1. The van der Waals surface area contributed by atoms with Crippen LogP contribution in [-0.2, 0) is 21.4 Å². The van der Waals surface area contributed by atoms with E-state index in [0.29, 0.717) is 22.1 Å². The lowest BCUT2D eigenvalue weighted by Crippen LogP contribution is -2.56. The topological polar surface area (TPSA) is 9.23 Å². The van der Waals surface area contributed by atoms with E-state index < -0.39 is 0 Å². The van der Waals surface area contributed by atoms with Gasteiger partial charge in [-0.3, -0.25) is 0 Å². The number of benzene rings is 1. The van der Waals surface area contributed by atoms with Gasteiger partial charge < -0.3 is 4.74 Å². The lowest BCUT2D eigenvalue weighted by atomic mass is 9.76. The van der Waals surface area contributed by atoms with Gasteiger partial charge in [0.25, 0.3) is 0 Å². The predicted molar refractivity (Wildman–Crippen MR) is 92.7 cm³/mol. The number of allylic oxidation sites excluding steroid dienone is 1. The van der Waals surface area contributed by atoms with Crippen LogP contribution in [0.4, 0.5) is 0 Å². The largest absolute Gasteiger partial charge is 0.365 e. The summed E-state index contributed by atoms with van der Waals surface area (Å²) in [5.41, 5.74) is 2.97. The van der Waals surface area contributed by atoms with E-state index in [1.54, 1.807) is 0 Å². The Morgan fingerprint density at radius 3 is 2.86 bits per heavy atom. The van der Waals surface area contributed by atoms with Crippen LogP contribution in [0.5, 0.6) is 0 Å². The molecule has 1 aromatic rings. The second kappa shape index (κ2) is 6.18. The molecule has 1 saturated carbocycles. The van der Waals surface area contributed by atoms with Gasteiger partial charge in [0.1, 0.15) is 22.4 Å². The van der Waals surface area contributed by atoms with Gasteiger partial charge in [-0.2, -0.15) is 0 Å². The van der Waals surface area contributed by atoms with Gasteiger partial charge in [-0.05, 0) is 32.6 Å². The minimum atomic E-state index is 0.113. The Labute approximate surface area is 132 Å². The van der Waals surface area contributed by atoms with Crippen molar-refractivity contribution in [3.05, 3.63) is 48.0 Å². The van der Waals surface area contributed by atoms with E-state index in [1.165, 1.54) is 41.9 Å². The molecule has 21 heavy (non-hydrogen) atoms. The SMILES string of the molecule is C=C(C)[C@H]1CC[C@@]2(C)OCC[S+](Cc3ccccc3)[C@@H]2C1. The van der Waals surface area contributed by atoms with Gasteiger partial charge in [-0.25, -0.2) is 0 Å². The highest BCUT2D eigenvalue weighted by Gasteiger charge is 2.53. The quantitative estimate of drug-likeness (QED) is 0.596. The molecule has 1 heterocycles. The Morgan fingerprint density at radius 1 is 1.38 bits per heavy atom. The van der Waals surface area contributed by atoms with Crippen molar-refractivity contribution >= 4 is 10.9 Å². The van der Waals surface area contributed by atoms with Crippen LogP contribution in [0.25, 0.3) is 0 Å². The summed E-state index contributed by atoms with van der Waals surface area (Å²) in [5, 5.41) is 0.710. The van der Waals surface area contributed by atoms with Gasteiger partial charge in [0.05, 0.1) is 6.61 Å². The molecule has 2 aliphatic rings. The summed E-state index contributed by atoms with van der Waals surface area (Å²) in [6.07, 6.45) is 3.74. The van der Waals surface area contributed by atoms with E-state index >= 15 is 0 Å². The maximum absolute atomic E-state index is 6.24. The van der Waals surface area contributed by atoms with Crippen LogP contribution in [0, 0.1) is 5.92 Å². The lowest BCUT2D eigenvalue weighted by Gasteiger charge is -2.45. The minimum Gasteiger partial charge on any atom is -0.365 e. The fourth-order valence-electron chi connectivity index (χ4n) is 3.83. The zero-order chi connectivity index (χ0) is 14.9. The van der Waals surface area contributed by atoms with E-state index in [9.17, 15) is 0 Å². The van der Waals surface area contributed by atoms with Gasteiger partial charge in [0.15, 0.2) is 0 Å².